The largest absolute Gasteiger partial charge is 0.507 e. The van der Waals surface area contributed by atoms with E-state index in [0.717, 1.165) is 45.2 Å². The number of aromatic hydroxyl groups is 1. The number of carbonyl (C=O) groups is 1. The van der Waals surface area contributed by atoms with E-state index in [2.05, 4.69) is 12.1 Å². The first kappa shape index (κ1) is 20.5. The number of phenols is 1. The van der Waals surface area contributed by atoms with Gasteiger partial charge >= 0.3 is 0 Å². The maximum absolute atomic E-state index is 12.5. The number of carbonyl (C=O) groups excluding carboxylic acids is 1. The molecule has 0 unspecified atom stereocenters. The second-order valence-electron chi connectivity index (χ2n) is 7.84. The number of hydrogen-bond donors (Lipinski definition) is 1. The van der Waals surface area contributed by atoms with Crippen LogP contribution in [0.15, 0.2) is 121 Å². The normalized spacial score (nSPS) is 10.7. The molecule has 5 aromatic carbocycles. The third-order valence-corrected chi connectivity index (χ3v) is 5.88. The van der Waals surface area contributed by atoms with Crippen LogP contribution in [0.1, 0.15) is 10.4 Å². The molecule has 0 aliphatic rings. The van der Waals surface area contributed by atoms with Gasteiger partial charge in [0.05, 0.1) is 5.56 Å². The van der Waals surface area contributed by atoms with E-state index < -0.39 is 0 Å². The highest BCUT2D eigenvalue weighted by Gasteiger charge is 2.26. The molecule has 0 saturated carbocycles. The van der Waals surface area contributed by atoms with Crippen LogP contribution in [-0.2, 0) is 0 Å². The average molecular weight is 427 g/mol. The highest BCUT2D eigenvalue weighted by Crippen LogP contribution is 2.51. The lowest BCUT2D eigenvalue weighted by Gasteiger charge is -2.24. The molecule has 2 heteroatoms. The third-order valence-electron chi connectivity index (χ3n) is 5.88. The van der Waals surface area contributed by atoms with Gasteiger partial charge in [0.15, 0.2) is 6.29 Å². The smallest absolute Gasteiger partial charge is 0.154 e. The standard InChI is InChI=1S/C31H22O2/c32-21-26-27(22-13-5-1-6-14-22)28(23-15-7-2-8-16-23)29(24-17-9-3-10-18-24)30(31(26)33)25-19-11-4-12-20-25/h1-21,33H. The maximum Gasteiger partial charge on any atom is 0.154 e. The Hall–Kier alpha value is -4.43. The molecule has 1 N–H and O–H groups in total. The number of benzene rings is 5. The summed E-state index contributed by atoms with van der Waals surface area (Å²) in [6.45, 7) is 0. The quantitative estimate of drug-likeness (QED) is 0.290. The van der Waals surface area contributed by atoms with Crippen LogP contribution in [0.2, 0.25) is 0 Å². The number of hydrogen-bond acceptors (Lipinski definition) is 2. The number of rotatable bonds is 5. The predicted octanol–water partition coefficient (Wildman–Crippen LogP) is 7.87. The first-order valence-electron chi connectivity index (χ1n) is 10.9. The second-order valence-corrected chi connectivity index (χ2v) is 7.84. The topological polar surface area (TPSA) is 37.3 Å². The van der Waals surface area contributed by atoms with Crippen LogP contribution >= 0.6 is 0 Å². The Morgan fingerprint density at radius 1 is 0.424 bits per heavy atom. The summed E-state index contributed by atoms with van der Waals surface area (Å²) in [7, 11) is 0. The molecule has 0 spiro atoms. The van der Waals surface area contributed by atoms with E-state index >= 15 is 0 Å². The molecular weight excluding hydrogens is 404 g/mol. The summed E-state index contributed by atoms with van der Waals surface area (Å²) in [4.78, 5) is 12.5. The fourth-order valence-electron chi connectivity index (χ4n) is 4.45. The number of aldehydes is 1. The zero-order valence-corrected chi connectivity index (χ0v) is 18.0. The monoisotopic (exact) mass is 426 g/mol. The first-order chi connectivity index (χ1) is 16.3. The van der Waals surface area contributed by atoms with Gasteiger partial charge in [-0.15, -0.1) is 0 Å². The molecule has 0 radical (unpaired) electrons. The van der Waals surface area contributed by atoms with Crippen molar-refractivity contribution in [2.45, 2.75) is 0 Å². The Labute approximate surface area is 193 Å². The van der Waals surface area contributed by atoms with Crippen molar-refractivity contribution in [2.24, 2.45) is 0 Å². The molecule has 0 heterocycles. The van der Waals surface area contributed by atoms with Crippen molar-refractivity contribution in [1.82, 2.24) is 0 Å². The van der Waals surface area contributed by atoms with Crippen LogP contribution in [0.3, 0.4) is 0 Å². The van der Waals surface area contributed by atoms with Crippen molar-refractivity contribution in [3.05, 3.63) is 127 Å². The summed E-state index contributed by atoms with van der Waals surface area (Å²) >= 11 is 0. The Morgan fingerprint density at radius 3 is 1.09 bits per heavy atom. The second kappa shape index (κ2) is 8.97. The summed E-state index contributed by atoms with van der Waals surface area (Å²) < 4.78 is 0. The van der Waals surface area contributed by atoms with Gasteiger partial charge in [-0.25, -0.2) is 0 Å². The van der Waals surface area contributed by atoms with Crippen molar-refractivity contribution in [2.75, 3.05) is 0 Å². The van der Waals surface area contributed by atoms with Crippen molar-refractivity contribution in [1.29, 1.82) is 0 Å². The molecule has 158 valence electrons. The minimum atomic E-state index is -0.00594. The van der Waals surface area contributed by atoms with E-state index in [4.69, 9.17) is 0 Å². The molecule has 0 fully saturated rings. The summed E-state index contributed by atoms with van der Waals surface area (Å²) in [6.07, 6.45) is 0.769. The zero-order valence-electron chi connectivity index (χ0n) is 18.0. The summed E-state index contributed by atoms with van der Waals surface area (Å²) in [6, 6.07) is 39.7. The van der Waals surface area contributed by atoms with Gasteiger partial charge in [0.1, 0.15) is 5.75 Å². The van der Waals surface area contributed by atoms with Gasteiger partial charge in [-0.3, -0.25) is 4.79 Å². The molecule has 33 heavy (non-hydrogen) atoms. The first-order valence-corrected chi connectivity index (χ1v) is 10.9. The van der Waals surface area contributed by atoms with Crippen LogP contribution in [0, 0.1) is 0 Å². The molecule has 0 aliphatic heterocycles. The maximum atomic E-state index is 12.5. The minimum Gasteiger partial charge on any atom is -0.507 e. The predicted molar refractivity (Wildman–Crippen MR) is 135 cm³/mol. The average Bonchev–Trinajstić information content (AvgIpc) is 2.90. The van der Waals surface area contributed by atoms with E-state index in [1.54, 1.807) is 0 Å². The van der Waals surface area contributed by atoms with Gasteiger partial charge in [-0.2, -0.15) is 0 Å². The lowest BCUT2D eigenvalue weighted by Crippen LogP contribution is -2.00. The third kappa shape index (κ3) is 3.72. The summed E-state index contributed by atoms with van der Waals surface area (Å²) in [5.41, 5.74) is 7.19. The Morgan fingerprint density at radius 2 is 0.727 bits per heavy atom. The Kier molecular flexibility index (Phi) is 5.57. The Bertz CT molecular complexity index is 1390. The van der Waals surface area contributed by atoms with Gasteiger partial charge in [-0.1, -0.05) is 121 Å². The van der Waals surface area contributed by atoms with Gasteiger partial charge < -0.3 is 5.11 Å². The molecular formula is C31H22O2. The molecule has 0 aromatic heterocycles. The zero-order chi connectivity index (χ0) is 22.6. The van der Waals surface area contributed by atoms with E-state index in [1.807, 2.05) is 109 Å². The van der Waals surface area contributed by atoms with Gasteiger partial charge in [0, 0.05) is 16.7 Å². The van der Waals surface area contributed by atoms with Crippen molar-refractivity contribution < 1.29 is 9.90 Å². The van der Waals surface area contributed by atoms with E-state index in [1.165, 1.54) is 0 Å². The van der Waals surface area contributed by atoms with Crippen molar-refractivity contribution in [3.63, 3.8) is 0 Å². The van der Waals surface area contributed by atoms with Crippen LogP contribution < -0.4 is 0 Å². The number of phenolic OH excluding ortho intramolecular Hbond substituents is 1. The summed E-state index contributed by atoms with van der Waals surface area (Å²) in [5.74, 6) is -0.00594. The molecule has 0 bridgehead atoms. The van der Waals surface area contributed by atoms with E-state index in [0.29, 0.717) is 11.1 Å². The van der Waals surface area contributed by atoms with Crippen molar-refractivity contribution in [3.8, 4) is 50.3 Å². The van der Waals surface area contributed by atoms with E-state index in [9.17, 15) is 9.90 Å². The van der Waals surface area contributed by atoms with E-state index in [-0.39, 0.29) is 5.75 Å². The molecule has 0 atom stereocenters. The highest BCUT2D eigenvalue weighted by atomic mass is 16.3. The molecule has 0 amide bonds. The molecule has 5 aromatic rings. The van der Waals surface area contributed by atoms with Crippen LogP contribution in [0.4, 0.5) is 0 Å². The molecule has 5 rings (SSSR count). The van der Waals surface area contributed by atoms with Gasteiger partial charge in [-0.05, 0) is 27.8 Å². The van der Waals surface area contributed by atoms with Crippen LogP contribution in [0.5, 0.6) is 5.75 Å². The Balaban J connectivity index is 2.04. The van der Waals surface area contributed by atoms with Gasteiger partial charge in [0.25, 0.3) is 0 Å². The minimum absolute atomic E-state index is 0.00594. The molecule has 2 nitrogen and oxygen atoms in total. The lowest BCUT2D eigenvalue weighted by molar-refractivity contribution is 0.112. The lowest BCUT2D eigenvalue weighted by atomic mass is 9.80. The fraction of sp³-hybridized carbons (Fsp3) is 0. The van der Waals surface area contributed by atoms with Gasteiger partial charge in [0.2, 0.25) is 0 Å². The fourth-order valence-corrected chi connectivity index (χ4v) is 4.45. The summed E-state index contributed by atoms with van der Waals surface area (Å²) in [5, 5.41) is 11.6. The molecule has 0 saturated heterocycles. The van der Waals surface area contributed by atoms with Crippen LogP contribution in [0.25, 0.3) is 44.5 Å². The van der Waals surface area contributed by atoms with Crippen LogP contribution in [-0.4, -0.2) is 11.4 Å². The molecule has 0 aliphatic carbocycles. The highest BCUT2D eigenvalue weighted by molar-refractivity contribution is 6.10. The van der Waals surface area contributed by atoms with Crippen molar-refractivity contribution >= 4 is 6.29 Å². The SMILES string of the molecule is O=Cc1c(O)c(-c2ccccc2)c(-c2ccccc2)c(-c2ccccc2)c1-c1ccccc1.